The van der Waals surface area contributed by atoms with E-state index in [0.29, 0.717) is 25.4 Å². The van der Waals surface area contributed by atoms with E-state index < -0.39 is 0 Å². The van der Waals surface area contributed by atoms with E-state index in [4.69, 9.17) is 9.72 Å². The second kappa shape index (κ2) is 10.6. The van der Waals surface area contributed by atoms with Crippen LogP contribution in [-0.4, -0.2) is 80.1 Å². The molecule has 0 saturated carbocycles. The van der Waals surface area contributed by atoms with Crippen LogP contribution in [0.3, 0.4) is 0 Å². The molecule has 160 valence electrons. The Morgan fingerprint density at radius 3 is 2.66 bits per heavy atom. The Morgan fingerprint density at radius 1 is 1.10 bits per heavy atom. The maximum absolute atomic E-state index is 13.0. The van der Waals surface area contributed by atoms with Crippen molar-refractivity contribution < 1.29 is 14.3 Å². The van der Waals surface area contributed by atoms with E-state index in [9.17, 15) is 9.59 Å². The van der Waals surface area contributed by atoms with E-state index in [0.717, 1.165) is 63.4 Å². The van der Waals surface area contributed by atoms with Crippen LogP contribution in [0.2, 0.25) is 0 Å². The van der Waals surface area contributed by atoms with Gasteiger partial charge in [0.1, 0.15) is 5.82 Å². The highest BCUT2D eigenvalue weighted by Gasteiger charge is 2.24. The summed E-state index contributed by atoms with van der Waals surface area (Å²) in [6.07, 6.45) is 4.83. The Kier molecular flexibility index (Phi) is 7.86. The van der Waals surface area contributed by atoms with E-state index in [-0.39, 0.29) is 18.4 Å². The van der Waals surface area contributed by atoms with Gasteiger partial charge in [0.05, 0.1) is 6.54 Å². The highest BCUT2D eigenvalue weighted by molar-refractivity contribution is 5.84. The third-order valence-electron chi connectivity index (χ3n) is 5.94. The first-order valence-electron chi connectivity index (χ1n) is 10.8. The molecule has 0 N–H and O–H groups in total. The number of pyridine rings is 1. The van der Waals surface area contributed by atoms with Crippen LogP contribution in [0.4, 0.5) is 5.82 Å². The molecule has 0 atom stereocenters. The van der Waals surface area contributed by atoms with Crippen molar-refractivity contribution in [2.24, 2.45) is 5.92 Å². The lowest BCUT2D eigenvalue weighted by molar-refractivity contribution is -0.140. The zero-order chi connectivity index (χ0) is 20.6. The maximum atomic E-state index is 13.0. The first-order chi connectivity index (χ1) is 14.0. The van der Waals surface area contributed by atoms with Crippen LogP contribution in [0, 0.1) is 5.92 Å². The van der Waals surface area contributed by atoms with Crippen LogP contribution in [0.25, 0.3) is 0 Å². The predicted molar refractivity (Wildman–Crippen MR) is 113 cm³/mol. The second-order valence-electron chi connectivity index (χ2n) is 8.26. The summed E-state index contributed by atoms with van der Waals surface area (Å²) in [5.41, 5.74) is 1.03. The summed E-state index contributed by atoms with van der Waals surface area (Å²) in [5.74, 6) is 1.43. The standard InChI is InChI=1S/C22H34N4O3/c1-24-11-5-12-25(2)22(28)17-26(21(27)16-18-9-14-29-15-10-18)13-4-7-19-6-3-8-20(24)23-19/h3,6,8,18H,4-5,7,9-17H2,1-2H3. The van der Waals surface area contributed by atoms with E-state index in [1.807, 2.05) is 32.3 Å². The fourth-order valence-corrected chi connectivity index (χ4v) is 3.96. The minimum atomic E-state index is 0.0155. The van der Waals surface area contributed by atoms with Crippen molar-refractivity contribution in [3.05, 3.63) is 23.9 Å². The first-order valence-corrected chi connectivity index (χ1v) is 10.8. The Morgan fingerprint density at radius 2 is 1.86 bits per heavy atom. The molecular weight excluding hydrogens is 368 g/mol. The number of ether oxygens (including phenoxy) is 1. The molecule has 0 aromatic carbocycles. The molecule has 1 saturated heterocycles. The van der Waals surface area contributed by atoms with Crippen LogP contribution in [0.5, 0.6) is 0 Å². The quantitative estimate of drug-likeness (QED) is 0.757. The summed E-state index contributed by atoms with van der Waals surface area (Å²) >= 11 is 0. The van der Waals surface area contributed by atoms with Crippen LogP contribution in [0.1, 0.15) is 37.8 Å². The average Bonchev–Trinajstić information content (AvgIpc) is 2.73. The van der Waals surface area contributed by atoms with Gasteiger partial charge in [-0.1, -0.05) is 6.07 Å². The normalized spacial score (nSPS) is 20.5. The number of hydrogen-bond donors (Lipinski definition) is 0. The van der Waals surface area contributed by atoms with Crippen LogP contribution in [0.15, 0.2) is 18.2 Å². The lowest BCUT2D eigenvalue weighted by Gasteiger charge is -2.29. The molecule has 1 fully saturated rings. The highest BCUT2D eigenvalue weighted by atomic mass is 16.5. The Hall–Kier alpha value is -2.15. The largest absolute Gasteiger partial charge is 0.381 e. The van der Waals surface area contributed by atoms with E-state index in [1.54, 1.807) is 9.80 Å². The van der Waals surface area contributed by atoms with Crippen LogP contribution < -0.4 is 4.90 Å². The molecule has 7 nitrogen and oxygen atoms in total. The van der Waals surface area contributed by atoms with E-state index >= 15 is 0 Å². The van der Waals surface area contributed by atoms with Gasteiger partial charge in [0.2, 0.25) is 11.8 Å². The number of rotatable bonds is 2. The van der Waals surface area contributed by atoms with Crippen molar-refractivity contribution in [2.45, 2.75) is 38.5 Å². The molecule has 3 rings (SSSR count). The van der Waals surface area contributed by atoms with Crippen molar-refractivity contribution >= 4 is 17.6 Å². The first kappa shape index (κ1) is 21.6. The summed E-state index contributed by atoms with van der Waals surface area (Å²) in [5, 5.41) is 0. The van der Waals surface area contributed by atoms with Crippen molar-refractivity contribution in [1.29, 1.82) is 0 Å². The fraction of sp³-hybridized carbons (Fsp3) is 0.682. The van der Waals surface area contributed by atoms with Crippen molar-refractivity contribution in [1.82, 2.24) is 14.8 Å². The van der Waals surface area contributed by atoms with Gasteiger partial charge in [-0.25, -0.2) is 4.98 Å². The molecule has 2 bridgehead atoms. The molecule has 0 aliphatic carbocycles. The lowest BCUT2D eigenvalue weighted by Crippen LogP contribution is -2.43. The van der Waals surface area contributed by atoms with Gasteiger partial charge in [-0.05, 0) is 50.2 Å². The zero-order valence-electron chi connectivity index (χ0n) is 17.8. The molecule has 0 unspecified atom stereocenters. The second-order valence-corrected chi connectivity index (χ2v) is 8.26. The number of carbonyl (C=O) groups is 2. The SMILES string of the molecule is CN1CCCN(C)c2cccc(n2)CCCN(C(=O)CC2CCOCC2)CC1=O. The van der Waals surface area contributed by atoms with Gasteiger partial charge in [-0.15, -0.1) is 0 Å². The van der Waals surface area contributed by atoms with Gasteiger partial charge in [-0.2, -0.15) is 0 Å². The number of likely N-dealkylation sites (N-methyl/N-ethyl adjacent to an activating group) is 1. The molecule has 3 heterocycles. The smallest absolute Gasteiger partial charge is 0.241 e. The maximum Gasteiger partial charge on any atom is 0.241 e. The number of aromatic nitrogens is 1. The molecule has 2 aliphatic rings. The van der Waals surface area contributed by atoms with Crippen molar-refractivity contribution in [2.75, 3.05) is 58.4 Å². The topological polar surface area (TPSA) is 66.0 Å². The molecule has 7 heteroatoms. The third kappa shape index (κ3) is 6.42. The third-order valence-corrected chi connectivity index (χ3v) is 5.94. The fourth-order valence-electron chi connectivity index (χ4n) is 3.96. The number of nitrogens with zero attached hydrogens (tertiary/aromatic N) is 4. The summed E-state index contributed by atoms with van der Waals surface area (Å²) in [6, 6.07) is 6.11. The van der Waals surface area contributed by atoms with Gasteiger partial charge in [0.15, 0.2) is 0 Å². The average molecular weight is 403 g/mol. The van der Waals surface area contributed by atoms with Crippen molar-refractivity contribution in [3.63, 3.8) is 0 Å². The number of aryl methyl sites for hydroxylation is 1. The molecule has 0 radical (unpaired) electrons. The van der Waals surface area contributed by atoms with Gasteiger partial charge in [0, 0.05) is 59.1 Å². The van der Waals surface area contributed by atoms with Gasteiger partial charge < -0.3 is 19.4 Å². The minimum Gasteiger partial charge on any atom is -0.381 e. The van der Waals surface area contributed by atoms with Crippen molar-refractivity contribution in [3.8, 4) is 0 Å². The van der Waals surface area contributed by atoms with Gasteiger partial charge in [-0.3, -0.25) is 9.59 Å². The summed E-state index contributed by atoms with van der Waals surface area (Å²) < 4.78 is 5.41. The molecule has 0 spiro atoms. The molecular formula is C22H34N4O3. The zero-order valence-corrected chi connectivity index (χ0v) is 17.8. The molecule has 1 aromatic rings. The summed E-state index contributed by atoms with van der Waals surface area (Å²) in [4.78, 5) is 36.1. The van der Waals surface area contributed by atoms with E-state index in [1.165, 1.54) is 0 Å². The molecule has 1 aromatic heterocycles. The van der Waals surface area contributed by atoms with E-state index in [2.05, 4.69) is 4.90 Å². The van der Waals surface area contributed by atoms with Gasteiger partial charge >= 0.3 is 0 Å². The Bertz CT molecular complexity index is 690. The van der Waals surface area contributed by atoms with Gasteiger partial charge in [0.25, 0.3) is 0 Å². The number of fused-ring (bicyclic) bond motifs is 2. The molecule has 2 amide bonds. The lowest BCUT2D eigenvalue weighted by atomic mass is 9.96. The number of amides is 2. The highest BCUT2D eigenvalue weighted by Crippen LogP contribution is 2.20. The number of anilines is 1. The minimum absolute atomic E-state index is 0.0155. The Labute approximate surface area is 174 Å². The Balaban J connectivity index is 1.69. The summed E-state index contributed by atoms with van der Waals surface area (Å²) in [7, 11) is 3.87. The molecule has 29 heavy (non-hydrogen) atoms. The predicted octanol–water partition coefficient (Wildman–Crippen LogP) is 1.96. The summed E-state index contributed by atoms with van der Waals surface area (Å²) in [6.45, 7) is 3.72. The molecule has 2 aliphatic heterocycles. The number of hydrogen-bond acceptors (Lipinski definition) is 5. The number of carbonyl (C=O) groups excluding carboxylic acids is 2. The van der Waals surface area contributed by atoms with Crippen LogP contribution >= 0.6 is 0 Å². The monoisotopic (exact) mass is 402 g/mol. The van der Waals surface area contributed by atoms with Crippen LogP contribution in [-0.2, 0) is 20.7 Å².